The topological polar surface area (TPSA) is 87.0 Å². The highest BCUT2D eigenvalue weighted by atomic mass is 16.5. The molecule has 0 aromatic rings. The SMILES string of the molecule is CO[C@H](C)C(=O)[C@@]1(O)CCC2C3CCC4C[C@H](O)CC[C@]4(C)C3C(O)C[C@@]21C. The molecule has 0 amide bonds. The highest BCUT2D eigenvalue weighted by molar-refractivity contribution is 5.92. The lowest BCUT2D eigenvalue weighted by molar-refractivity contribution is -0.204. The Labute approximate surface area is 168 Å². The van der Waals surface area contributed by atoms with Crippen LogP contribution in [0.25, 0.3) is 0 Å². The van der Waals surface area contributed by atoms with E-state index in [1.54, 1.807) is 6.92 Å². The molecule has 0 heterocycles. The van der Waals surface area contributed by atoms with Crippen molar-refractivity contribution in [2.24, 2.45) is 34.5 Å². The zero-order chi connectivity index (χ0) is 20.5. The number of methoxy groups -OCH3 is 1. The molecule has 0 radical (unpaired) electrons. The monoisotopic (exact) mass is 394 g/mol. The summed E-state index contributed by atoms with van der Waals surface area (Å²) >= 11 is 0. The number of ketones is 1. The Kier molecular flexibility index (Phi) is 5.02. The van der Waals surface area contributed by atoms with Gasteiger partial charge in [0.25, 0.3) is 0 Å². The summed E-state index contributed by atoms with van der Waals surface area (Å²) in [5.41, 5.74) is -1.97. The van der Waals surface area contributed by atoms with Gasteiger partial charge in [0.15, 0.2) is 5.78 Å². The predicted molar refractivity (Wildman–Crippen MR) is 106 cm³/mol. The zero-order valence-corrected chi connectivity index (χ0v) is 17.9. The van der Waals surface area contributed by atoms with Crippen molar-refractivity contribution in [3.63, 3.8) is 0 Å². The largest absolute Gasteiger partial charge is 0.393 e. The van der Waals surface area contributed by atoms with Crippen molar-refractivity contribution >= 4 is 5.78 Å². The summed E-state index contributed by atoms with van der Waals surface area (Å²) in [4.78, 5) is 13.1. The Morgan fingerprint density at radius 2 is 1.82 bits per heavy atom. The smallest absolute Gasteiger partial charge is 0.193 e. The zero-order valence-electron chi connectivity index (χ0n) is 17.9. The van der Waals surface area contributed by atoms with Crippen LogP contribution in [-0.4, -0.2) is 52.1 Å². The fraction of sp³-hybridized carbons (Fsp3) is 0.957. The van der Waals surface area contributed by atoms with Gasteiger partial charge in [-0.2, -0.15) is 0 Å². The summed E-state index contributed by atoms with van der Waals surface area (Å²) in [5, 5.41) is 33.1. The number of rotatable bonds is 3. The number of ether oxygens (including phenoxy) is 1. The molecule has 5 nitrogen and oxygen atoms in total. The van der Waals surface area contributed by atoms with Crippen LogP contribution in [0.15, 0.2) is 0 Å². The number of Topliss-reactive ketones (excluding diaryl/α,β-unsaturated/α-hetero) is 1. The Bertz CT molecular complexity index is 636. The van der Waals surface area contributed by atoms with E-state index in [2.05, 4.69) is 6.92 Å². The van der Waals surface area contributed by atoms with E-state index in [0.717, 1.165) is 38.5 Å². The number of fused-ring (bicyclic) bond motifs is 5. The normalized spacial score (nSPS) is 54.4. The summed E-state index contributed by atoms with van der Waals surface area (Å²) in [6.07, 6.45) is 5.17. The van der Waals surface area contributed by atoms with Crippen molar-refractivity contribution in [1.82, 2.24) is 0 Å². The van der Waals surface area contributed by atoms with Crippen molar-refractivity contribution in [1.29, 1.82) is 0 Å². The number of carbonyl (C=O) groups excluding carboxylic acids is 1. The Morgan fingerprint density at radius 3 is 2.50 bits per heavy atom. The quantitative estimate of drug-likeness (QED) is 0.685. The van der Waals surface area contributed by atoms with Crippen LogP contribution in [0.5, 0.6) is 0 Å². The van der Waals surface area contributed by atoms with Gasteiger partial charge in [0.05, 0.1) is 12.2 Å². The molecule has 4 saturated carbocycles. The lowest BCUT2D eigenvalue weighted by Crippen LogP contribution is -2.63. The first-order valence-corrected chi connectivity index (χ1v) is 11.2. The molecule has 160 valence electrons. The van der Waals surface area contributed by atoms with E-state index in [-0.39, 0.29) is 29.1 Å². The maximum Gasteiger partial charge on any atom is 0.193 e. The number of hydrogen-bond donors (Lipinski definition) is 3. The van der Waals surface area contributed by atoms with Gasteiger partial charge in [-0.1, -0.05) is 13.8 Å². The standard InChI is InChI=1S/C23H38O5/c1-13(28-4)20(26)23(27)10-8-17-16-6-5-14-11-15(24)7-9-21(14,2)19(16)18(25)12-22(17,23)3/h13-19,24-25,27H,5-12H2,1-4H3/t13-,14?,15-,16?,17?,18?,19?,21+,22+,23+/m1/s1. The summed E-state index contributed by atoms with van der Waals surface area (Å²) < 4.78 is 5.25. The highest BCUT2D eigenvalue weighted by Crippen LogP contribution is 2.68. The van der Waals surface area contributed by atoms with Gasteiger partial charge in [-0.15, -0.1) is 0 Å². The summed E-state index contributed by atoms with van der Waals surface area (Å²) in [6.45, 7) is 6.06. The third-order valence-electron chi connectivity index (χ3n) is 9.85. The van der Waals surface area contributed by atoms with E-state index in [1.807, 2.05) is 6.92 Å². The van der Waals surface area contributed by atoms with Crippen LogP contribution in [0.2, 0.25) is 0 Å². The average molecular weight is 395 g/mol. The van der Waals surface area contributed by atoms with Crippen molar-refractivity contribution < 1.29 is 24.9 Å². The van der Waals surface area contributed by atoms with Crippen LogP contribution in [0, 0.1) is 34.5 Å². The van der Waals surface area contributed by atoms with Crippen LogP contribution in [0.3, 0.4) is 0 Å². The van der Waals surface area contributed by atoms with Gasteiger partial charge in [0, 0.05) is 12.5 Å². The molecule has 0 aliphatic heterocycles. The Balaban J connectivity index is 1.67. The van der Waals surface area contributed by atoms with E-state index in [0.29, 0.717) is 24.7 Å². The minimum absolute atomic E-state index is 0.0490. The van der Waals surface area contributed by atoms with Crippen molar-refractivity contribution in [2.75, 3.05) is 7.11 Å². The molecule has 4 aliphatic carbocycles. The molecule has 4 fully saturated rings. The molecule has 5 heteroatoms. The molecule has 0 aromatic heterocycles. The second-order valence-electron chi connectivity index (χ2n) is 10.8. The average Bonchev–Trinajstić information content (AvgIpc) is 2.92. The molecule has 4 rings (SSSR count). The van der Waals surface area contributed by atoms with Crippen molar-refractivity contribution in [2.45, 2.75) is 96.1 Å². The minimum Gasteiger partial charge on any atom is -0.393 e. The highest BCUT2D eigenvalue weighted by Gasteiger charge is 2.69. The van der Waals surface area contributed by atoms with Crippen LogP contribution in [0.1, 0.15) is 72.1 Å². The van der Waals surface area contributed by atoms with E-state index >= 15 is 0 Å². The first-order valence-electron chi connectivity index (χ1n) is 11.2. The molecular formula is C23H38O5. The van der Waals surface area contributed by atoms with Crippen LogP contribution >= 0.6 is 0 Å². The fourth-order valence-electron chi connectivity index (χ4n) is 8.21. The third-order valence-corrected chi connectivity index (χ3v) is 9.85. The van der Waals surface area contributed by atoms with Gasteiger partial charge in [0.1, 0.15) is 11.7 Å². The summed E-state index contributed by atoms with van der Waals surface area (Å²) in [6, 6.07) is 0. The van der Waals surface area contributed by atoms with Gasteiger partial charge in [-0.05, 0) is 87.4 Å². The van der Waals surface area contributed by atoms with Crippen molar-refractivity contribution in [3.05, 3.63) is 0 Å². The lowest BCUT2D eigenvalue weighted by Gasteiger charge is -2.62. The second-order valence-corrected chi connectivity index (χ2v) is 10.8. The van der Waals surface area contributed by atoms with Crippen LogP contribution in [0.4, 0.5) is 0 Å². The molecule has 4 aliphatic rings. The maximum atomic E-state index is 13.1. The van der Waals surface area contributed by atoms with Gasteiger partial charge in [0.2, 0.25) is 0 Å². The number of aliphatic hydroxyl groups excluding tert-OH is 2. The van der Waals surface area contributed by atoms with Gasteiger partial charge in [-0.25, -0.2) is 0 Å². The molecule has 0 spiro atoms. The van der Waals surface area contributed by atoms with E-state index in [9.17, 15) is 20.1 Å². The van der Waals surface area contributed by atoms with Gasteiger partial charge < -0.3 is 20.1 Å². The summed E-state index contributed by atoms with van der Waals surface area (Å²) in [5.74, 6) is 1.03. The molecule has 0 bridgehead atoms. The van der Waals surface area contributed by atoms with Crippen LogP contribution < -0.4 is 0 Å². The molecule has 3 N–H and O–H groups in total. The number of hydrogen-bond acceptors (Lipinski definition) is 5. The molecular weight excluding hydrogens is 356 g/mol. The first-order chi connectivity index (χ1) is 13.1. The molecule has 5 unspecified atom stereocenters. The maximum absolute atomic E-state index is 13.1. The van der Waals surface area contributed by atoms with Gasteiger partial charge >= 0.3 is 0 Å². The lowest BCUT2D eigenvalue weighted by atomic mass is 9.43. The van der Waals surface area contributed by atoms with E-state index in [4.69, 9.17) is 4.74 Å². The molecule has 10 atom stereocenters. The minimum atomic E-state index is -1.42. The summed E-state index contributed by atoms with van der Waals surface area (Å²) in [7, 11) is 1.51. The number of carbonyl (C=O) groups is 1. The van der Waals surface area contributed by atoms with E-state index in [1.165, 1.54) is 7.11 Å². The fourth-order valence-corrected chi connectivity index (χ4v) is 8.21. The molecule has 0 saturated heterocycles. The van der Waals surface area contributed by atoms with Crippen molar-refractivity contribution in [3.8, 4) is 0 Å². The molecule has 28 heavy (non-hydrogen) atoms. The predicted octanol–water partition coefficient (Wildman–Crippen LogP) is 2.70. The second kappa shape index (κ2) is 6.76. The Morgan fingerprint density at radius 1 is 1.11 bits per heavy atom. The molecule has 0 aromatic carbocycles. The van der Waals surface area contributed by atoms with Gasteiger partial charge in [-0.3, -0.25) is 4.79 Å². The Hall–Kier alpha value is -0.490. The van der Waals surface area contributed by atoms with E-state index < -0.39 is 23.2 Å². The third kappa shape index (κ3) is 2.62. The van der Waals surface area contributed by atoms with Crippen LogP contribution in [-0.2, 0) is 9.53 Å². The number of aliphatic hydroxyl groups is 3. The first kappa shape index (κ1) is 20.8.